The Morgan fingerprint density at radius 2 is 1.47 bits per heavy atom. The van der Waals surface area contributed by atoms with E-state index in [-0.39, 0.29) is 75.6 Å². The molecule has 6 rings (SSSR count). The van der Waals surface area contributed by atoms with Crippen LogP contribution in [0.1, 0.15) is 37.0 Å². The fraction of sp³-hybridized carbons (Fsp3) is 0.444. The molecule has 2 heterocycles. The highest BCUT2D eigenvalue weighted by Crippen LogP contribution is 2.49. The fourth-order valence-corrected chi connectivity index (χ4v) is 9.93. The summed E-state index contributed by atoms with van der Waals surface area (Å²) in [5.41, 5.74) is 2.43. The molecule has 2 fully saturated rings. The van der Waals surface area contributed by atoms with Crippen LogP contribution in [-0.4, -0.2) is 101 Å². The third-order valence-corrected chi connectivity index (χ3v) is 13.7. The van der Waals surface area contributed by atoms with E-state index in [0.717, 1.165) is 16.7 Å². The quantitative estimate of drug-likeness (QED) is 0.0556. The maximum absolute atomic E-state index is 13.9. The fourth-order valence-electron chi connectivity index (χ4n) is 7.04. The minimum atomic E-state index is -4.05. The Bertz CT molecular complexity index is 2080. The lowest BCUT2D eigenvalue weighted by atomic mass is 10.0. The molecule has 0 unspecified atom stereocenters. The second-order valence-electron chi connectivity index (χ2n) is 15.5. The lowest BCUT2D eigenvalue weighted by Gasteiger charge is -2.31. The number of ether oxygens (including phenoxy) is 6. The number of rotatable bonds is 24. The first kappa shape index (κ1) is 47.1. The van der Waals surface area contributed by atoms with Crippen LogP contribution in [0.3, 0.4) is 0 Å². The molecule has 0 bridgehead atoms. The van der Waals surface area contributed by atoms with Crippen molar-refractivity contribution in [2.45, 2.75) is 69.3 Å². The molecule has 4 aromatic rings. The predicted octanol–water partition coefficient (Wildman–Crippen LogP) is 6.78. The van der Waals surface area contributed by atoms with Gasteiger partial charge in [0.25, 0.3) is 0 Å². The molecule has 4 aromatic carbocycles. The van der Waals surface area contributed by atoms with Gasteiger partial charge in [0.2, 0.25) is 10.0 Å². The number of amides is 1. The second kappa shape index (κ2) is 22.8. The van der Waals surface area contributed by atoms with E-state index in [1.54, 1.807) is 36.4 Å². The molecule has 0 aromatic heterocycles. The van der Waals surface area contributed by atoms with Crippen LogP contribution in [0.5, 0.6) is 11.5 Å². The lowest BCUT2D eigenvalue weighted by Crippen LogP contribution is -2.51. The molecule has 0 aliphatic carbocycles. The van der Waals surface area contributed by atoms with E-state index in [2.05, 4.69) is 5.32 Å². The van der Waals surface area contributed by atoms with Gasteiger partial charge in [0.1, 0.15) is 30.6 Å². The van der Waals surface area contributed by atoms with E-state index >= 15 is 0 Å². The monoisotopic (exact) mass is 896 g/mol. The van der Waals surface area contributed by atoms with E-state index in [4.69, 9.17) is 37.5 Å². The highest BCUT2D eigenvalue weighted by molar-refractivity contribution is 7.89. The zero-order valence-electron chi connectivity index (χ0n) is 35.3. The molecule has 0 saturated carbocycles. The third-order valence-electron chi connectivity index (χ3n) is 10.3. The summed E-state index contributed by atoms with van der Waals surface area (Å²) in [6, 6.07) is 30.9. The molecule has 17 heteroatoms. The number of nitrogens with zero attached hydrogens (tertiary/aromatic N) is 1. The van der Waals surface area contributed by atoms with Gasteiger partial charge in [0.05, 0.1) is 63.1 Å². The van der Waals surface area contributed by atoms with Crippen LogP contribution >= 0.6 is 7.60 Å². The van der Waals surface area contributed by atoms with Gasteiger partial charge in [-0.3, -0.25) is 4.57 Å². The molecule has 0 spiro atoms. The molecule has 2 N–H and O–H groups in total. The van der Waals surface area contributed by atoms with Crippen molar-refractivity contribution in [3.05, 3.63) is 126 Å². The summed E-state index contributed by atoms with van der Waals surface area (Å²) in [6.45, 7) is 4.72. The minimum Gasteiger partial charge on any atom is -0.497 e. The summed E-state index contributed by atoms with van der Waals surface area (Å²) in [5, 5.41) is 14.6. The molecule has 0 radical (unpaired) electrons. The number of alkyl carbamates (subject to hydrolysis) is 1. The summed E-state index contributed by atoms with van der Waals surface area (Å²) in [7, 11) is -6.20. The molecule has 62 heavy (non-hydrogen) atoms. The highest BCUT2D eigenvalue weighted by Gasteiger charge is 2.44. The molecule has 2 aliphatic heterocycles. The zero-order valence-corrected chi connectivity index (χ0v) is 37.0. The number of benzene rings is 4. The molecule has 1 amide bonds. The van der Waals surface area contributed by atoms with E-state index in [0.29, 0.717) is 24.5 Å². The molecule has 5 atom stereocenters. The van der Waals surface area contributed by atoms with Crippen molar-refractivity contribution < 1.29 is 60.4 Å². The van der Waals surface area contributed by atoms with Gasteiger partial charge in [-0.05, 0) is 71.8 Å². The molecule has 2 aliphatic rings. The average molecular weight is 897 g/mol. The molecule has 2 saturated heterocycles. The number of sulfonamides is 1. The van der Waals surface area contributed by atoms with Crippen LogP contribution < -0.4 is 14.8 Å². The average Bonchev–Trinajstić information content (AvgIpc) is 3.91. The Hall–Kier alpha value is -4.35. The van der Waals surface area contributed by atoms with Gasteiger partial charge >= 0.3 is 13.7 Å². The topological polar surface area (TPSA) is 178 Å². The van der Waals surface area contributed by atoms with Gasteiger partial charge in [-0.25, -0.2) is 13.2 Å². The van der Waals surface area contributed by atoms with Crippen LogP contribution in [-0.2, 0) is 62.2 Å². The van der Waals surface area contributed by atoms with Crippen molar-refractivity contribution in [1.29, 1.82) is 0 Å². The van der Waals surface area contributed by atoms with Gasteiger partial charge < -0.3 is 47.9 Å². The van der Waals surface area contributed by atoms with Crippen molar-refractivity contribution >= 4 is 23.7 Å². The van der Waals surface area contributed by atoms with Crippen LogP contribution in [0.15, 0.2) is 114 Å². The normalized spacial score (nSPS) is 18.6. The lowest BCUT2D eigenvalue weighted by molar-refractivity contribution is -0.0907. The van der Waals surface area contributed by atoms with Gasteiger partial charge in [-0.2, -0.15) is 4.31 Å². The summed E-state index contributed by atoms with van der Waals surface area (Å²) >= 11 is 0. The molecule has 15 nitrogen and oxygen atoms in total. The summed E-state index contributed by atoms with van der Waals surface area (Å²) in [6.07, 6.45) is -2.49. The van der Waals surface area contributed by atoms with Crippen LogP contribution in [0, 0.1) is 11.8 Å². The number of fused-ring (bicyclic) bond motifs is 1. The molecular weight excluding hydrogens is 840 g/mol. The number of methoxy groups -OCH3 is 1. The first-order valence-electron chi connectivity index (χ1n) is 20.7. The number of hydrogen-bond acceptors (Lipinski definition) is 13. The SMILES string of the molecule is COc1ccc(S(=O)(=O)N(CC(C)C)C[C@@H](O)[C@H](Cc2ccc(OCCOCP(=O)(OCc3ccccc3)OCc3ccccc3)cc2)NC(=O)O[C@H]2CO[C@H]3OCC[C@H]32)cc1. The second-order valence-corrected chi connectivity index (χ2v) is 19.5. The summed E-state index contributed by atoms with van der Waals surface area (Å²) < 4.78 is 88.1. The first-order chi connectivity index (χ1) is 29.9. The Morgan fingerprint density at radius 3 is 2.08 bits per heavy atom. The van der Waals surface area contributed by atoms with Gasteiger partial charge in [-0.1, -0.05) is 86.6 Å². The Kier molecular flexibility index (Phi) is 17.4. The van der Waals surface area contributed by atoms with E-state index in [1.165, 1.54) is 23.5 Å². The maximum Gasteiger partial charge on any atom is 0.407 e. The van der Waals surface area contributed by atoms with Gasteiger partial charge in [0.15, 0.2) is 6.29 Å². The van der Waals surface area contributed by atoms with E-state index in [9.17, 15) is 22.9 Å². The van der Waals surface area contributed by atoms with Gasteiger partial charge in [-0.15, -0.1) is 0 Å². The Balaban J connectivity index is 1.07. The van der Waals surface area contributed by atoms with Crippen molar-refractivity contribution in [2.75, 3.05) is 53.0 Å². The van der Waals surface area contributed by atoms with Crippen molar-refractivity contribution in [2.24, 2.45) is 11.8 Å². The number of hydrogen-bond donors (Lipinski definition) is 2. The van der Waals surface area contributed by atoms with Crippen LogP contribution in [0.25, 0.3) is 0 Å². The number of nitrogens with one attached hydrogen (secondary N) is 1. The smallest absolute Gasteiger partial charge is 0.407 e. The zero-order chi connectivity index (χ0) is 44.0. The van der Waals surface area contributed by atoms with E-state index in [1.807, 2.05) is 74.5 Å². The largest absolute Gasteiger partial charge is 0.497 e. The third kappa shape index (κ3) is 13.8. The predicted molar refractivity (Wildman–Crippen MR) is 230 cm³/mol. The first-order valence-corrected chi connectivity index (χ1v) is 23.9. The number of carbonyl (C=O) groups excluding carboxylic acids is 1. The standard InChI is InChI=1S/C45H57N2O13PS/c1-33(2)27-47(62(51,52)39-20-18-37(53-3)19-21-39)28-42(48)41(46-45(49)60-43-31-57-44-40(43)22-23-56-44)26-34-14-16-38(17-15-34)55-25-24-54-32-61(50,58-29-35-10-6-4-7-11-35)59-30-36-12-8-5-9-13-36/h4-21,33,40-44,48H,22-32H2,1-3H3,(H,46,49)/t40-,41-,42+,43-,44+/m0/s1. The van der Waals surface area contributed by atoms with Crippen molar-refractivity contribution in [1.82, 2.24) is 9.62 Å². The van der Waals surface area contributed by atoms with Gasteiger partial charge in [0, 0.05) is 13.1 Å². The number of aliphatic hydroxyl groups is 1. The van der Waals surface area contributed by atoms with Crippen molar-refractivity contribution in [3.63, 3.8) is 0 Å². The molecule has 336 valence electrons. The molecular formula is C45H57N2O13PS. The number of aliphatic hydroxyl groups excluding tert-OH is 1. The van der Waals surface area contributed by atoms with Crippen molar-refractivity contribution in [3.8, 4) is 11.5 Å². The highest BCUT2D eigenvalue weighted by atomic mass is 32.2. The number of carbonyl (C=O) groups is 1. The summed E-state index contributed by atoms with van der Waals surface area (Å²) in [5.74, 6) is 0.864. The van der Waals surface area contributed by atoms with Crippen LogP contribution in [0.2, 0.25) is 0 Å². The van der Waals surface area contributed by atoms with Crippen LogP contribution in [0.4, 0.5) is 4.79 Å². The maximum atomic E-state index is 13.9. The Morgan fingerprint density at radius 1 is 0.839 bits per heavy atom. The Labute approximate surface area is 364 Å². The summed E-state index contributed by atoms with van der Waals surface area (Å²) in [4.78, 5) is 13.4. The minimum absolute atomic E-state index is 0.0485. The van der Waals surface area contributed by atoms with E-state index < -0.39 is 48.3 Å².